The SMILES string of the molecule is C[C@@H]1CC(=O)O[C@H](C)[C@H](O)/C=C\C(=O)O[C@@H](C)[C@H](O)/C=C\C(=O)O1. The molecular formula is C16H22O8. The van der Waals surface area contributed by atoms with Crippen LogP contribution in [0, 0.1) is 0 Å². The number of hydrogen-bond acceptors (Lipinski definition) is 8. The van der Waals surface area contributed by atoms with E-state index in [-0.39, 0.29) is 6.42 Å². The summed E-state index contributed by atoms with van der Waals surface area (Å²) < 4.78 is 14.9. The van der Waals surface area contributed by atoms with Gasteiger partial charge in [0.25, 0.3) is 0 Å². The van der Waals surface area contributed by atoms with Crippen molar-refractivity contribution in [3.63, 3.8) is 0 Å². The Morgan fingerprint density at radius 2 is 1.29 bits per heavy atom. The van der Waals surface area contributed by atoms with Gasteiger partial charge in [-0.15, -0.1) is 0 Å². The third-order valence-electron chi connectivity index (χ3n) is 3.21. The molecule has 0 amide bonds. The van der Waals surface area contributed by atoms with Crippen molar-refractivity contribution >= 4 is 17.9 Å². The molecule has 0 fully saturated rings. The Labute approximate surface area is 139 Å². The van der Waals surface area contributed by atoms with Crippen LogP contribution in [0.1, 0.15) is 27.2 Å². The van der Waals surface area contributed by atoms with E-state index < -0.39 is 48.4 Å². The predicted octanol–water partition coefficient (Wildman–Crippen LogP) is 0.0194. The maximum absolute atomic E-state index is 11.7. The van der Waals surface area contributed by atoms with Gasteiger partial charge in [0.1, 0.15) is 30.5 Å². The Bertz CT molecular complexity index is 524. The van der Waals surface area contributed by atoms with Gasteiger partial charge >= 0.3 is 17.9 Å². The topological polar surface area (TPSA) is 119 Å². The molecule has 0 aromatic heterocycles. The number of carbonyl (C=O) groups excluding carboxylic acids is 3. The summed E-state index contributed by atoms with van der Waals surface area (Å²) in [6.07, 6.45) is -0.961. The van der Waals surface area contributed by atoms with Crippen LogP contribution in [0.4, 0.5) is 0 Å². The largest absolute Gasteiger partial charge is 0.459 e. The van der Waals surface area contributed by atoms with Crippen molar-refractivity contribution in [1.29, 1.82) is 0 Å². The maximum atomic E-state index is 11.7. The predicted molar refractivity (Wildman–Crippen MR) is 81.6 cm³/mol. The van der Waals surface area contributed by atoms with Crippen molar-refractivity contribution in [1.82, 2.24) is 0 Å². The standard InChI is InChI=1S/C16H22O8/c1-9-8-16(21)24-11(3)13(18)5-7-15(20)23-10(2)12(17)4-6-14(19)22-9/h4-7,9-13,17-18H,8H2,1-3H3/b6-4-,7-5-/t9-,10+,11-,12-,13-/m1/s1. The smallest absolute Gasteiger partial charge is 0.330 e. The van der Waals surface area contributed by atoms with E-state index in [4.69, 9.17) is 14.2 Å². The van der Waals surface area contributed by atoms with Crippen molar-refractivity contribution in [2.45, 2.75) is 57.7 Å². The van der Waals surface area contributed by atoms with E-state index >= 15 is 0 Å². The summed E-state index contributed by atoms with van der Waals surface area (Å²) in [6, 6.07) is 0. The highest BCUT2D eigenvalue weighted by molar-refractivity contribution is 5.83. The van der Waals surface area contributed by atoms with Crippen molar-refractivity contribution in [3.05, 3.63) is 24.3 Å². The number of cyclic esters (lactones) is 3. The van der Waals surface area contributed by atoms with Crippen LogP contribution >= 0.6 is 0 Å². The van der Waals surface area contributed by atoms with E-state index in [1.807, 2.05) is 0 Å². The van der Waals surface area contributed by atoms with E-state index in [9.17, 15) is 24.6 Å². The van der Waals surface area contributed by atoms with Gasteiger partial charge in [-0.25, -0.2) is 9.59 Å². The summed E-state index contributed by atoms with van der Waals surface area (Å²) in [5, 5.41) is 19.6. The molecule has 0 radical (unpaired) electrons. The number of carbonyl (C=O) groups is 3. The molecule has 134 valence electrons. The minimum atomic E-state index is -1.22. The molecule has 0 saturated heterocycles. The molecule has 8 heteroatoms. The average Bonchev–Trinajstić information content (AvgIpc) is 2.48. The maximum Gasteiger partial charge on any atom is 0.330 e. The highest BCUT2D eigenvalue weighted by Crippen LogP contribution is 2.08. The molecule has 1 rings (SSSR count). The van der Waals surface area contributed by atoms with Crippen molar-refractivity contribution in [3.8, 4) is 0 Å². The van der Waals surface area contributed by atoms with Gasteiger partial charge in [-0.2, -0.15) is 0 Å². The van der Waals surface area contributed by atoms with E-state index in [0.29, 0.717) is 0 Å². The Morgan fingerprint density at radius 3 is 1.83 bits per heavy atom. The van der Waals surface area contributed by atoms with Gasteiger partial charge in [-0.3, -0.25) is 4.79 Å². The lowest BCUT2D eigenvalue weighted by atomic mass is 10.2. The number of esters is 3. The Morgan fingerprint density at radius 1 is 0.833 bits per heavy atom. The first-order chi connectivity index (χ1) is 11.2. The number of aliphatic hydroxyl groups is 2. The zero-order chi connectivity index (χ0) is 18.3. The summed E-state index contributed by atoms with van der Waals surface area (Å²) >= 11 is 0. The second-order valence-electron chi connectivity index (χ2n) is 5.49. The van der Waals surface area contributed by atoms with Crippen LogP contribution in [-0.2, 0) is 28.6 Å². The van der Waals surface area contributed by atoms with Gasteiger partial charge in [0.15, 0.2) is 0 Å². The van der Waals surface area contributed by atoms with Crippen LogP contribution in [-0.4, -0.2) is 58.6 Å². The summed E-state index contributed by atoms with van der Waals surface area (Å²) in [6.45, 7) is 4.41. The molecule has 8 nitrogen and oxygen atoms in total. The van der Waals surface area contributed by atoms with Gasteiger partial charge in [0.05, 0.1) is 6.42 Å². The lowest BCUT2D eigenvalue weighted by molar-refractivity contribution is -0.157. The van der Waals surface area contributed by atoms with Crippen LogP contribution in [0.5, 0.6) is 0 Å². The number of aliphatic hydroxyl groups excluding tert-OH is 2. The number of ether oxygens (including phenoxy) is 3. The molecule has 0 unspecified atom stereocenters. The van der Waals surface area contributed by atoms with Gasteiger partial charge in [-0.05, 0) is 32.9 Å². The molecule has 1 aliphatic rings. The molecular weight excluding hydrogens is 320 g/mol. The summed E-state index contributed by atoms with van der Waals surface area (Å²) in [4.78, 5) is 34.9. The average molecular weight is 342 g/mol. The second-order valence-corrected chi connectivity index (χ2v) is 5.49. The zero-order valence-corrected chi connectivity index (χ0v) is 13.7. The molecule has 1 heterocycles. The molecule has 0 aliphatic carbocycles. The molecule has 1 aliphatic heterocycles. The molecule has 24 heavy (non-hydrogen) atoms. The molecule has 0 saturated carbocycles. The van der Waals surface area contributed by atoms with E-state index in [2.05, 4.69) is 0 Å². The Balaban J connectivity index is 2.91. The molecule has 0 aromatic rings. The number of rotatable bonds is 0. The molecule has 2 N–H and O–H groups in total. The summed E-state index contributed by atoms with van der Waals surface area (Å²) in [5.41, 5.74) is 0. The monoisotopic (exact) mass is 342 g/mol. The summed E-state index contributed by atoms with van der Waals surface area (Å²) in [5.74, 6) is -2.22. The third-order valence-corrected chi connectivity index (χ3v) is 3.21. The van der Waals surface area contributed by atoms with Crippen LogP contribution in [0.25, 0.3) is 0 Å². The normalized spacial score (nSPS) is 36.2. The first kappa shape index (κ1) is 19.9. The van der Waals surface area contributed by atoms with Crippen LogP contribution in [0.15, 0.2) is 24.3 Å². The summed E-state index contributed by atoms with van der Waals surface area (Å²) in [7, 11) is 0. The highest BCUT2D eigenvalue weighted by Gasteiger charge is 2.21. The minimum Gasteiger partial charge on any atom is -0.459 e. The molecule has 0 bridgehead atoms. The first-order valence-electron chi connectivity index (χ1n) is 7.52. The quantitative estimate of drug-likeness (QED) is 0.467. The fourth-order valence-corrected chi connectivity index (χ4v) is 1.80. The second kappa shape index (κ2) is 9.19. The lowest BCUT2D eigenvalue weighted by Crippen LogP contribution is -2.30. The first-order valence-corrected chi connectivity index (χ1v) is 7.52. The van der Waals surface area contributed by atoms with Crippen molar-refractivity contribution < 1.29 is 38.8 Å². The zero-order valence-electron chi connectivity index (χ0n) is 13.7. The van der Waals surface area contributed by atoms with Crippen LogP contribution in [0.2, 0.25) is 0 Å². The fourth-order valence-electron chi connectivity index (χ4n) is 1.80. The highest BCUT2D eigenvalue weighted by atomic mass is 16.6. The van der Waals surface area contributed by atoms with Crippen molar-refractivity contribution in [2.75, 3.05) is 0 Å². The fraction of sp³-hybridized carbons (Fsp3) is 0.562. The van der Waals surface area contributed by atoms with Crippen LogP contribution in [0.3, 0.4) is 0 Å². The molecule has 0 spiro atoms. The van der Waals surface area contributed by atoms with Crippen LogP contribution < -0.4 is 0 Å². The Kier molecular flexibility index (Phi) is 7.60. The van der Waals surface area contributed by atoms with Gasteiger partial charge in [0.2, 0.25) is 0 Å². The van der Waals surface area contributed by atoms with Gasteiger partial charge in [0, 0.05) is 12.2 Å². The minimum absolute atomic E-state index is 0.193. The third kappa shape index (κ3) is 6.93. The van der Waals surface area contributed by atoms with E-state index in [1.165, 1.54) is 20.8 Å². The van der Waals surface area contributed by atoms with Gasteiger partial charge < -0.3 is 24.4 Å². The van der Waals surface area contributed by atoms with E-state index in [0.717, 1.165) is 24.3 Å². The van der Waals surface area contributed by atoms with E-state index in [1.54, 1.807) is 0 Å². The Hall–Kier alpha value is -2.19. The van der Waals surface area contributed by atoms with Crippen molar-refractivity contribution in [2.24, 2.45) is 0 Å². The number of hydrogen-bond donors (Lipinski definition) is 2. The lowest BCUT2D eigenvalue weighted by Gasteiger charge is -2.19. The molecule has 5 atom stereocenters. The molecule has 0 aromatic carbocycles. The van der Waals surface area contributed by atoms with Gasteiger partial charge in [-0.1, -0.05) is 0 Å².